The van der Waals surface area contributed by atoms with Gasteiger partial charge >= 0.3 is 0 Å². The third-order valence-corrected chi connectivity index (χ3v) is 3.18. The lowest BCUT2D eigenvalue weighted by atomic mass is 10.2. The first-order chi connectivity index (χ1) is 7.74. The molecule has 1 aromatic heterocycles. The SMILES string of the molecule is O=C(c1cc(C2CC2)on1)N1CC[C@H](O)C1. The molecular weight excluding hydrogens is 208 g/mol. The molecule has 2 aliphatic rings. The van der Waals surface area contributed by atoms with Crippen LogP contribution >= 0.6 is 0 Å². The van der Waals surface area contributed by atoms with Crippen molar-refractivity contribution in [2.75, 3.05) is 13.1 Å². The molecule has 3 rings (SSSR count). The van der Waals surface area contributed by atoms with Crippen LogP contribution in [0.2, 0.25) is 0 Å². The second kappa shape index (κ2) is 3.59. The highest BCUT2D eigenvalue weighted by Gasteiger charge is 2.31. The monoisotopic (exact) mass is 222 g/mol. The van der Waals surface area contributed by atoms with Gasteiger partial charge in [-0.2, -0.15) is 0 Å². The van der Waals surface area contributed by atoms with Gasteiger partial charge in [-0.25, -0.2) is 0 Å². The van der Waals surface area contributed by atoms with Gasteiger partial charge in [-0.05, 0) is 19.3 Å². The second-order valence-electron chi connectivity index (χ2n) is 4.58. The minimum Gasteiger partial charge on any atom is -0.391 e. The molecule has 86 valence electrons. The van der Waals surface area contributed by atoms with Gasteiger partial charge in [-0.15, -0.1) is 0 Å². The first-order valence-corrected chi connectivity index (χ1v) is 5.68. The topological polar surface area (TPSA) is 66.6 Å². The molecule has 0 unspecified atom stereocenters. The van der Waals surface area contributed by atoms with Gasteiger partial charge < -0.3 is 14.5 Å². The smallest absolute Gasteiger partial charge is 0.276 e. The Labute approximate surface area is 93.0 Å². The lowest BCUT2D eigenvalue weighted by molar-refractivity contribution is 0.0754. The van der Waals surface area contributed by atoms with E-state index < -0.39 is 6.10 Å². The van der Waals surface area contributed by atoms with Crippen molar-refractivity contribution in [3.8, 4) is 0 Å². The summed E-state index contributed by atoms with van der Waals surface area (Å²) in [5, 5.41) is 13.2. The number of hydrogen-bond donors (Lipinski definition) is 1. The van der Waals surface area contributed by atoms with Gasteiger partial charge in [0.15, 0.2) is 5.69 Å². The maximum absolute atomic E-state index is 11.9. The minimum absolute atomic E-state index is 0.132. The van der Waals surface area contributed by atoms with E-state index in [2.05, 4.69) is 5.16 Å². The van der Waals surface area contributed by atoms with E-state index in [0.717, 1.165) is 18.6 Å². The van der Waals surface area contributed by atoms with Crippen molar-refractivity contribution < 1.29 is 14.4 Å². The number of carbonyl (C=O) groups excluding carboxylic acids is 1. The molecule has 1 aliphatic heterocycles. The average Bonchev–Trinajstić information content (AvgIpc) is 2.86. The molecule has 1 atom stereocenters. The number of β-amino-alcohol motifs (C(OH)–C–C–N with tert-alkyl or cyclic N) is 1. The highest BCUT2D eigenvalue weighted by molar-refractivity contribution is 5.92. The molecule has 1 saturated heterocycles. The number of aliphatic hydroxyl groups is 1. The zero-order valence-corrected chi connectivity index (χ0v) is 8.93. The molecule has 5 heteroatoms. The van der Waals surface area contributed by atoms with E-state index in [4.69, 9.17) is 4.52 Å². The minimum atomic E-state index is -0.390. The fourth-order valence-corrected chi connectivity index (χ4v) is 2.04. The van der Waals surface area contributed by atoms with Crippen molar-refractivity contribution in [1.29, 1.82) is 0 Å². The van der Waals surface area contributed by atoms with E-state index in [1.165, 1.54) is 0 Å². The Balaban J connectivity index is 1.73. The van der Waals surface area contributed by atoms with Crippen LogP contribution in [0.4, 0.5) is 0 Å². The molecule has 0 radical (unpaired) electrons. The lowest BCUT2D eigenvalue weighted by Crippen LogP contribution is -2.29. The van der Waals surface area contributed by atoms with E-state index in [1.807, 2.05) is 0 Å². The number of aliphatic hydroxyl groups excluding tert-OH is 1. The highest BCUT2D eigenvalue weighted by Crippen LogP contribution is 2.40. The van der Waals surface area contributed by atoms with Crippen LogP contribution in [-0.4, -0.2) is 40.3 Å². The lowest BCUT2D eigenvalue weighted by Gasteiger charge is -2.12. The van der Waals surface area contributed by atoms with Crippen LogP contribution in [0.5, 0.6) is 0 Å². The first kappa shape index (κ1) is 9.84. The summed E-state index contributed by atoms with van der Waals surface area (Å²) in [5.41, 5.74) is 0.371. The van der Waals surface area contributed by atoms with Crippen LogP contribution < -0.4 is 0 Å². The Hall–Kier alpha value is -1.36. The molecule has 16 heavy (non-hydrogen) atoms. The van der Waals surface area contributed by atoms with Crippen LogP contribution in [-0.2, 0) is 0 Å². The maximum atomic E-state index is 11.9. The third kappa shape index (κ3) is 1.71. The van der Waals surface area contributed by atoms with Crippen molar-refractivity contribution in [2.45, 2.75) is 31.3 Å². The molecule has 1 N–H and O–H groups in total. The Kier molecular flexibility index (Phi) is 2.21. The third-order valence-electron chi connectivity index (χ3n) is 3.18. The van der Waals surface area contributed by atoms with Crippen LogP contribution in [0.25, 0.3) is 0 Å². The largest absolute Gasteiger partial charge is 0.391 e. The second-order valence-corrected chi connectivity index (χ2v) is 4.58. The van der Waals surface area contributed by atoms with Gasteiger partial charge in [0.2, 0.25) is 0 Å². The predicted octanol–water partition coefficient (Wildman–Crippen LogP) is 0.759. The molecule has 1 amide bonds. The van der Waals surface area contributed by atoms with Crippen molar-refractivity contribution >= 4 is 5.91 Å². The number of carbonyl (C=O) groups is 1. The van der Waals surface area contributed by atoms with E-state index in [9.17, 15) is 9.90 Å². The van der Waals surface area contributed by atoms with Gasteiger partial charge in [0.05, 0.1) is 6.10 Å². The molecule has 2 heterocycles. The summed E-state index contributed by atoms with van der Waals surface area (Å²) in [4.78, 5) is 13.6. The van der Waals surface area contributed by atoms with Crippen molar-refractivity contribution in [3.63, 3.8) is 0 Å². The van der Waals surface area contributed by atoms with Crippen LogP contribution in [0.1, 0.15) is 41.4 Å². The van der Waals surface area contributed by atoms with E-state index in [-0.39, 0.29) is 5.91 Å². The van der Waals surface area contributed by atoms with Crippen LogP contribution in [0.3, 0.4) is 0 Å². The summed E-state index contributed by atoms with van der Waals surface area (Å²) in [7, 11) is 0. The fourth-order valence-electron chi connectivity index (χ4n) is 2.04. The molecular formula is C11H14N2O3. The maximum Gasteiger partial charge on any atom is 0.276 e. The van der Waals surface area contributed by atoms with Gasteiger partial charge in [-0.1, -0.05) is 5.16 Å². The van der Waals surface area contributed by atoms with Crippen molar-refractivity contribution in [3.05, 3.63) is 17.5 Å². The fraction of sp³-hybridized carbons (Fsp3) is 0.636. The van der Waals surface area contributed by atoms with E-state index in [0.29, 0.717) is 31.1 Å². The summed E-state index contributed by atoms with van der Waals surface area (Å²) in [5.74, 6) is 1.16. The molecule has 0 aromatic carbocycles. The van der Waals surface area contributed by atoms with Crippen LogP contribution in [0.15, 0.2) is 10.6 Å². The predicted molar refractivity (Wildman–Crippen MR) is 55.0 cm³/mol. The van der Waals surface area contributed by atoms with Gasteiger partial charge in [0, 0.05) is 25.1 Å². The average molecular weight is 222 g/mol. The standard InChI is InChI=1S/C11H14N2O3/c14-8-3-4-13(6-8)11(15)9-5-10(16-12-9)7-1-2-7/h5,7-8,14H,1-4,6H2/t8-/m0/s1. The molecule has 1 aliphatic carbocycles. The number of nitrogens with zero attached hydrogens (tertiary/aromatic N) is 2. The zero-order chi connectivity index (χ0) is 11.1. The molecule has 2 fully saturated rings. The van der Waals surface area contributed by atoms with Gasteiger partial charge in [0.25, 0.3) is 5.91 Å². The summed E-state index contributed by atoms with van der Waals surface area (Å²) < 4.78 is 5.14. The van der Waals surface area contributed by atoms with Crippen molar-refractivity contribution in [2.24, 2.45) is 0 Å². The molecule has 1 aromatic rings. The van der Waals surface area contributed by atoms with Gasteiger partial charge in [0.1, 0.15) is 5.76 Å². The van der Waals surface area contributed by atoms with Gasteiger partial charge in [-0.3, -0.25) is 4.79 Å². The Morgan fingerprint density at radius 3 is 2.94 bits per heavy atom. The summed E-state index contributed by atoms with van der Waals surface area (Å²) in [6, 6.07) is 1.74. The molecule has 1 saturated carbocycles. The number of hydrogen-bond acceptors (Lipinski definition) is 4. The number of aromatic nitrogens is 1. The molecule has 5 nitrogen and oxygen atoms in total. The summed E-state index contributed by atoms with van der Waals surface area (Å²) in [6.07, 6.45) is 2.52. The highest BCUT2D eigenvalue weighted by atomic mass is 16.5. The number of likely N-dealkylation sites (tertiary alicyclic amines) is 1. The molecule has 0 spiro atoms. The Morgan fingerprint density at radius 1 is 1.50 bits per heavy atom. The van der Waals surface area contributed by atoms with E-state index in [1.54, 1.807) is 11.0 Å². The Morgan fingerprint density at radius 2 is 2.31 bits per heavy atom. The number of amides is 1. The first-order valence-electron chi connectivity index (χ1n) is 5.68. The normalized spacial score (nSPS) is 25.1. The molecule has 0 bridgehead atoms. The number of rotatable bonds is 2. The summed E-state index contributed by atoms with van der Waals surface area (Å²) in [6.45, 7) is 1.01. The van der Waals surface area contributed by atoms with Crippen LogP contribution in [0, 0.1) is 0 Å². The zero-order valence-electron chi connectivity index (χ0n) is 8.93. The summed E-state index contributed by atoms with van der Waals surface area (Å²) >= 11 is 0. The van der Waals surface area contributed by atoms with E-state index >= 15 is 0 Å². The Bertz CT molecular complexity index is 411. The van der Waals surface area contributed by atoms with Crippen molar-refractivity contribution in [1.82, 2.24) is 10.1 Å². The quantitative estimate of drug-likeness (QED) is 0.802.